The van der Waals surface area contributed by atoms with Gasteiger partial charge in [0, 0.05) is 0 Å². The zero-order chi connectivity index (χ0) is 14.3. The normalized spacial score (nSPS) is 26.4. The predicted octanol–water partition coefficient (Wildman–Crippen LogP) is 4.88. The van der Waals surface area contributed by atoms with Crippen LogP contribution in [-0.2, 0) is 18.4 Å². The van der Waals surface area contributed by atoms with Gasteiger partial charge in [-0.15, -0.1) is 0 Å². The molecule has 2 atom stereocenters. The Morgan fingerprint density at radius 2 is 1.95 bits per heavy atom. The first kappa shape index (κ1) is 12.9. The molecule has 4 rings (SSSR count). The first-order valence-electron chi connectivity index (χ1n) is 8.08. The Hall–Kier alpha value is -1.76. The number of aryl methyl sites for hydroxylation is 1. The van der Waals surface area contributed by atoms with Crippen LogP contribution in [0.15, 0.2) is 48.5 Å². The van der Waals surface area contributed by atoms with Gasteiger partial charge in [0.25, 0.3) is 0 Å². The predicted molar refractivity (Wildman–Crippen MR) is 85.6 cm³/mol. The molecule has 0 bridgehead atoms. The van der Waals surface area contributed by atoms with Crippen LogP contribution >= 0.6 is 0 Å². The van der Waals surface area contributed by atoms with E-state index in [-0.39, 0.29) is 0 Å². The molecule has 21 heavy (non-hydrogen) atoms. The number of hydrogen-bond donors (Lipinski definition) is 0. The van der Waals surface area contributed by atoms with Gasteiger partial charge in [-0.05, 0) is 65.8 Å². The first-order valence-corrected chi connectivity index (χ1v) is 8.08. The fraction of sp³-hybridized carbons (Fsp3) is 0.400. The van der Waals surface area contributed by atoms with Gasteiger partial charge < -0.3 is 4.74 Å². The second-order valence-electron chi connectivity index (χ2n) is 6.71. The second-order valence-corrected chi connectivity index (χ2v) is 6.71. The maximum Gasteiger partial charge on any atom is 0.120 e. The summed E-state index contributed by atoms with van der Waals surface area (Å²) in [5.41, 5.74) is 4.87. The van der Waals surface area contributed by atoms with E-state index in [1.807, 2.05) is 6.07 Å². The van der Waals surface area contributed by atoms with E-state index in [0.717, 1.165) is 11.7 Å². The molecule has 1 saturated carbocycles. The van der Waals surface area contributed by atoms with Gasteiger partial charge in [-0.1, -0.05) is 43.3 Å². The molecule has 2 aliphatic rings. The lowest BCUT2D eigenvalue weighted by Crippen LogP contribution is -2.17. The van der Waals surface area contributed by atoms with Gasteiger partial charge in [-0.25, -0.2) is 0 Å². The highest BCUT2D eigenvalue weighted by atomic mass is 16.5. The van der Waals surface area contributed by atoms with E-state index in [1.165, 1.54) is 36.8 Å². The standard InChI is InChI=1S/C20H22O/c1-15-13-20(15)11-5-8-17-12-18(9-10-19(17)20)21-14-16-6-3-2-4-7-16/h2-4,6-7,9-10,12,15H,5,8,11,13-14H2,1H3. The van der Waals surface area contributed by atoms with Crippen molar-refractivity contribution in [1.82, 2.24) is 0 Å². The summed E-state index contributed by atoms with van der Waals surface area (Å²) < 4.78 is 5.97. The summed E-state index contributed by atoms with van der Waals surface area (Å²) in [4.78, 5) is 0. The zero-order valence-corrected chi connectivity index (χ0v) is 12.6. The Morgan fingerprint density at radius 1 is 1.14 bits per heavy atom. The molecule has 0 radical (unpaired) electrons. The third kappa shape index (κ3) is 2.25. The summed E-state index contributed by atoms with van der Waals surface area (Å²) >= 11 is 0. The average molecular weight is 278 g/mol. The maximum absolute atomic E-state index is 5.97. The zero-order valence-electron chi connectivity index (χ0n) is 12.6. The van der Waals surface area contributed by atoms with E-state index >= 15 is 0 Å². The molecular weight excluding hydrogens is 256 g/mol. The van der Waals surface area contributed by atoms with E-state index in [9.17, 15) is 0 Å². The quantitative estimate of drug-likeness (QED) is 0.777. The molecule has 1 nitrogen and oxygen atoms in total. The molecule has 0 aliphatic heterocycles. The third-order valence-electron chi connectivity index (χ3n) is 5.38. The van der Waals surface area contributed by atoms with Crippen molar-refractivity contribution in [2.45, 2.75) is 44.6 Å². The smallest absolute Gasteiger partial charge is 0.120 e. The minimum atomic E-state index is 0.519. The van der Waals surface area contributed by atoms with Crippen LogP contribution in [0.25, 0.3) is 0 Å². The topological polar surface area (TPSA) is 9.23 Å². The van der Waals surface area contributed by atoms with Gasteiger partial charge in [0.2, 0.25) is 0 Å². The monoisotopic (exact) mass is 278 g/mol. The molecule has 2 aromatic rings. The van der Waals surface area contributed by atoms with Gasteiger partial charge in [0.1, 0.15) is 12.4 Å². The summed E-state index contributed by atoms with van der Waals surface area (Å²) in [6.45, 7) is 3.05. The summed E-state index contributed by atoms with van der Waals surface area (Å²) in [6.07, 6.45) is 5.31. The van der Waals surface area contributed by atoms with Gasteiger partial charge >= 0.3 is 0 Å². The van der Waals surface area contributed by atoms with Crippen molar-refractivity contribution in [3.63, 3.8) is 0 Å². The lowest BCUT2D eigenvalue weighted by Gasteiger charge is -2.26. The molecule has 0 saturated heterocycles. The molecule has 2 aliphatic carbocycles. The highest BCUT2D eigenvalue weighted by Crippen LogP contribution is 2.60. The Bertz CT molecular complexity index is 646. The fourth-order valence-electron chi connectivity index (χ4n) is 4.03. The Labute approximate surface area is 127 Å². The first-order chi connectivity index (χ1) is 10.3. The van der Waals surface area contributed by atoms with E-state index in [4.69, 9.17) is 4.74 Å². The van der Waals surface area contributed by atoms with Crippen LogP contribution in [0, 0.1) is 5.92 Å². The van der Waals surface area contributed by atoms with Crippen LogP contribution in [0.2, 0.25) is 0 Å². The van der Waals surface area contributed by atoms with Crippen LogP contribution in [0.1, 0.15) is 42.9 Å². The van der Waals surface area contributed by atoms with E-state index in [0.29, 0.717) is 12.0 Å². The molecule has 1 heteroatoms. The number of rotatable bonds is 3. The Balaban J connectivity index is 1.53. The third-order valence-corrected chi connectivity index (χ3v) is 5.38. The summed E-state index contributed by atoms with van der Waals surface area (Å²) in [6, 6.07) is 17.2. The number of ether oxygens (including phenoxy) is 1. The highest BCUT2D eigenvalue weighted by molar-refractivity contribution is 5.46. The molecule has 0 N–H and O–H groups in total. The second kappa shape index (κ2) is 4.91. The van der Waals surface area contributed by atoms with Gasteiger partial charge in [0.05, 0.1) is 0 Å². The molecule has 108 valence electrons. The highest BCUT2D eigenvalue weighted by Gasteiger charge is 2.53. The van der Waals surface area contributed by atoms with Gasteiger partial charge in [-0.3, -0.25) is 0 Å². The van der Waals surface area contributed by atoms with Crippen LogP contribution in [0.3, 0.4) is 0 Å². The van der Waals surface area contributed by atoms with Crippen LogP contribution in [0.4, 0.5) is 0 Å². The minimum absolute atomic E-state index is 0.519. The molecule has 2 aromatic carbocycles. The number of hydrogen-bond acceptors (Lipinski definition) is 1. The van der Waals surface area contributed by atoms with E-state index < -0.39 is 0 Å². The van der Waals surface area contributed by atoms with Crippen molar-refractivity contribution in [2.75, 3.05) is 0 Å². The Morgan fingerprint density at radius 3 is 2.71 bits per heavy atom. The van der Waals surface area contributed by atoms with Crippen LogP contribution in [0.5, 0.6) is 5.75 Å². The van der Waals surface area contributed by atoms with Crippen LogP contribution < -0.4 is 4.74 Å². The molecule has 0 aromatic heterocycles. The largest absolute Gasteiger partial charge is 0.489 e. The van der Waals surface area contributed by atoms with Crippen molar-refractivity contribution in [2.24, 2.45) is 5.92 Å². The van der Waals surface area contributed by atoms with Crippen LogP contribution in [-0.4, -0.2) is 0 Å². The molecule has 2 unspecified atom stereocenters. The molecule has 1 fully saturated rings. The summed E-state index contributed by atoms with van der Waals surface area (Å²) in [7, 11) is 0. The number of benzene rings is 2. The maximum atomic E-state index is 5.97. The van der Waals surface area contributed by atoms with Gasteiger partial charge in [-0.2, -0.15) is 0 Å². The van der Waals surface area contributed by atoms with Crippen molar-refractivity contribution < 1.29 is 4.74 Å². The van der Waals surface area contributed by atoms with E-state index in [1.54, 1.807) is 5.56 Å². The lowest BCUT2D eigenvalue weighted by molar-refractivity contribution is 0.305. The molecule has 0 heterocycles. The molecule has 0 amide bonds. The van der Waals surface area contributed by atoms with E-state index in [2.05, 4.69) is 49.4 Å². The molecule has 1 spiro atoms. The lowest BCUT2D eigenvalue weighted by atomic mass is 9.79. The SMILES string of the molecule is CC1CC12CCCc1cc(OCc3ccccc3)ccc12. The summed E-state index contributed by atoms with van der Waals surface area (Å²) in [5.74, 6) is 1.88. The van der Waals surface area contributed by atoms with Crippen molar-refractivity contribution in [1.29, 1.82) is 0 Å². The van der Waals surface area contributed by atoms with Crippen molar-refractivity contribution >= 4 is 0 Å². The minimum Gasteiger partial charge on any atom is -0.489 e. The van der Waals surface area contributed by atoms with Gasteiger partial charge in [0.15, 0.2) is 0 Å². The summed E-state index contributed by atoms with van der Waals surface area (Å²) in [5, 5.41) is 0. The van der Waals surface area contributed by atoms with Crippen molar-refractivity contribution in [3.8, 4) is 5.75 Å². The number of fused-ring (bicyclic) bond motifs is 2. The Kier molecular flexibility index (Phi) is 3.02. The fourth-order valence-corrected chi connectivity index (χ4v) is 4.03. The molecular formula is C20H22O. The average Bonchev–Trinajstić information content (AvgIpc) is 3.16. The van der Waals surface area contributed by atoms with Crippen molar-refractivity contribution in [3.05, 3.63) is 65.2 Å².